The van der Waals surface area contributed by atoms with Gasteiger partial charge >= 0.3 is 0 Å². The number of hydrogen-bond acceptors (Lipinski definition) is 2. The summed E-state index contributed by atoms with van der Waals surface area (Å²) in [4.78, 5) is 0.384. The number of hydrogen-bond donors (Lipinski definition) is 0. The van der Waals surface area contributed by atoms with Crippen LogP contribution in [0.5, 0.6) is 0 Å². The predicted octanol–water partition coefficient (Wildman–Crippen LogP) is 1.29. The van der Waals surface area contributed by atoms with Gasteiger partial charge in [-0.15, -0.1) is 9.24 Å². The van der Waals surface area contributed by atoms with E-state index >= 15 is 0 Å². The Labute approximate surface area is 68.8 Å². The molecule has 60 valence electrons. The highest BCUT2D eigenvalue weighted by Gasteiger charge is 2.08. The van der Waals surface area contributed by atoms with Gasteiger partial charge in [-0.3, -0.25) is 0 Å². The number of sulfone groups is 1. The Kier molecular flexibility index (Phi) is 2.63. The van der Waals surface area contributed by atoms with Crippen molar-refractivity contribution in [3.8, 4) is 0 Å². The monoisotopic (exact) mass is 188 g/mol. The maximum atomic E-state index is 11.2. The normalized spacial score (nSPS) is 11.4. The molecule has 0 aliphatic rings. The highest BCUT2D eigenvalue weighted by atomic mass is 32.2. The molecule has 11 heavy (non-hydrogen) atoms. The molecule has 0 heterocycles. The molecule has 0 amide bonds. The topological polar surface area (TPSA) is 34.1 Å². The van der Waals surface area contributed by atoms with Gasteiger partial charge in [0.1, 0.15) is 0 Å². The first kappa shape index (κ1) is 8.69. The lowest BCUT2D eigenvalue weighted by Gasteiger charge is -1.98. The lowest BCUT2D eigenvalue weighted by Crippen LogP contribution is -2.00. The van der Waals surface area contributed by atoms with Crippen molar-refractivity contribution in [1.82, 2.24) is 0 Å². The molecule has 1 atom stereocenters. The molecular formula is C7H9O2PS. The van der Waals surface area contributed by atoms with Gasteiger partial charge in [0.15, 0.2) is 9.84 Å². The standard InChI is InChI=1S/C7H9O2PS/c8-11(9,6-10)7-4-2-1-3-5-7/h1-5H,6,10H2. The minimum absolute atomic E-state index is 0.0804. The third-order valence-corrected chi connectivity index (χ3v) is 4.07. The van der Waals surface area contributed by atoms with E-state index in [1.165, 1.54) is 0 Å². The third-order valence-electron chi connectivity index (χ3n) is 1.32. The molecule has 0 N–H and O–H groups in total. The van der Waals surface area contributed by atoms with Crippen molar-refractivity contribution in [2.24, 2.45) is 0 Å². The molecular weight excluding hydrogens is 179 g/mol. The lowest BCUT2D eigenvalue weighted by atomic mass is 10.4. The smallest absolute Gasteiger partial charge is 0.181 e. The molecule has 1 aromatic rings. The summed E-state index contributed by atoms with van der Waals surface area (Å²) in [7, 11) is -0.826. The van der Waals surface area contributed by atoms with Crippen LogP contribution in [0.1, 0.15) is 0 Å². The summed E-state index contributed by atoms with van der Waals surface area (Å²) in [6.07, 6.45) is 0. The van der Waals surface area contributed by atoms with Gasteiger partial charge < -0.3 is 0 Å². The minimum Gasteiger partial charge on any atom is -0.223 e. The van der Waals surface area contributed by atoms with E-state index in [0.29, 0.717) is 4.90 Å². The van der Waals surface area contributed by atoms with Gasteiger partial charge in [0.25, 0.3) is 0 Å². The molecule has 1 aromatic carbocycles. The second-order valence-corrected chi connectivity index (χ2v) is 5.13. The van der Waals surface area contributed by atoms with Crippen molar-refractivity contribution in [2.75, 3.05) is 5.49 Å². The number of rotatable bonds is 2. The second-order valence-electron chi connectivity index (χ2n) is 2.09. The van der Waals surface area contributed by atoms with Crippen molar-refractivity contribution >= 4 is 19.1 Å². The van der Waals surface area contributed by atoms with E-state index < -0.39 is 9.84 Å². The SMILES string of the molecule is O=S(=O)(CP)c1ccccc1. The van der Waals surface area contributed by atoms with Gasteiger partial charge in [-0.1, -0.05) is 18.2 Å². The molecule has 2 nitrogen and oxygen atoms in total. The van der Waals surface area contributed by atoms with Gasteiger partial charge in [0.2, 0.25) is 0 Å². The Hall–Kier alpha value is -0.400. The Morgan fingerprint density at radius 1 is 1.18 bits per heavy atom. The van der Waals surface area contributed by atoms with Crippen LogP contribution in [0.4, 0.5) is 0 Å². The summed E-state index contributed by atoms with van der Waals surface area (Å²) in [6.45, 7) is 0. The van der Waals surface area contributed by atoms with Crippen LogP contribution in [-0.4, -0.2) is 13.9 Å². The highest BCUT2D eigenvalue weighted by molar-refractivity contribution is 7.94. The van der Waals surface area contributed by atoms with Crippen LogP contribution in [0.3, 0.4) is 0 Å². The average Bonchev–Trinajstić information content (AvgIpc) is 2.06. The molecule has 4 heteroatoms. The minimum atomic E-state index is -3.04. The second kappa shape index (κ2) is 3.33. The summed E-state index contributed by atoms with van der Waals surface area (Å²) in [6, 6.07) is 8.42. The largest absolute Gasteiger partial charge is 0.223 e. The van der Waals surface area contributed by atoms with Crippen molar-refractivity contribution < 1.29 is 8.42 Å². The highest BCUT2D eigenvalue weighted by Crippen LogP contribution is 2.11. The maximum Gasteiger partial charge on any atom is 0.181 e. The summed E-state index contributed by atoms with van der Waals surface area (Å²) in [5.74, 6) is 0. The van der Waals surface area contributed by atoms with Crippen molar-refractivity contribution in [3.05, 3.63) is 30.3 Å². The van der Waals surface area contributed by atoms with E-state index in [1.807, 2.05) is 0 Å². The van der Waals surface area contributed by atoms with Crippen LogP contribution in [-0.2, 0) is 9.84 Å². The molecule has 1 unspecified atom stereocenters. The van der Waals surface area contributed by atoms with Crippen molar-refractivity contribution in [2.45, 2.75) is 4.90 Å². The van der Waals surface area contributed by atoms with E-state index in [4.69, 9.17) is 0 Å². The Balaban J connectivity index is 3.14. The predicted molar refractivity (Wildman–Crippen MR) is 48.2 cm³/mol. The zero-order chi connectivity index (χ0) is 8.32. The van der Waals surface area contributed by atoms with Crippen LogP contribution in [0.25, 0.3) is 0 Å². The van der Waals surface area contributed by atoms with Gasteiger partial charge in [0.05, 0.1) is 10.4 Å². The first-order valence-electron chi connectivity index (χ1n) is 3.15. The van der Waals surface area contributed by atoms with E-state index in [9.17, 15) is 8.42 Å². The fourth-order valence-electron chi connectivity index (χ4n) is 0.724. The van der Waals surface area contributed by atoms with Crippen LogP contribution < -0.4 is 0 Å². The molecule has 0 aliphatic carbocycles. The van der Waals surface area contributed by atoms with Gasteiger partial charge in [0, 0.05) is 0 Å². The molecule has 0 saturated carbocycles. The Morgan fingerprint density at radius 2 is 1.73 bits per heavy atom. The van der Waals surface area contributed by atoms with Crippen LogP contribution in [0, 0.1) is 0 Å². The first-order chi connectivity index (χ1) is 5.17. The Morgan fingerprint density at radius 3 is 2.18 bits per heavy atom. The third kappa shape index (κ3) is 2.01. The maximum absolute atomic E-state index is 11.2. The zero-order valence-electron chi connectivity index (χ0n) is 5.90. The molecule has 0 aromatic heterocycles. The van der Waals surface area contributed by atoms with Crippen molar-refractivity contribution in [3.63, 3.8) is 0 Å². The molecule has 0 aliphatic heterocycles. The Bertz CT molecular complexity index is 318. The first-order valence-corrected chi connectivity index (χ1v) is 5.61. The molecule has 0 radical (unpaired) electrons. The van der Waals surface area contributed by atoms with E-state index in [2.05, 4.69) is 9.24 Å². The fraction of sp³-hybridized carbons (Fsp3) is 0.143. The van der Waals surface area contributed by atoms with E-state index in [1.54, 1.807) is 30.3 Å². The molecule has 0 bridgehead atoms. The average molecular weight is 188 g/mol. The fourth-order valence-corrected chi connectivity index (χ4v) is 2.07. The van der Waals surface area contributed by atoms with E-state index in [0.717, 1.165) is 0 Å². The van der Waals surface area contributed by atoms with Crippen LogP contribution in [0.2, 0.25) is 0 Å². The van der Waals surface area contributed by atoms with Crippen LogP contribution >= 0.6 is 9.24 Å². The van der Waals surface area contributed by atoms with Gasteiger partial charge in [-0.05, 0) is 12.1 Å². The summed E-state index contributed by atoms with van der Waals surface area (Å²) in [5.41, 5.74) is 0.0804. The molecule has 0 saturated heterocycles. The quantitative estimate of drug-likeness (QED) is 0.655. The van der Waals surface area contributed by atoms with Crippen molar-refractivity contribution in [1.29, 1.82) is 0 Å². The zero-order valence-corrected chi connectivity index (χ0v) is 7.87. The summed E-state index contributed by atoms with van der Waals surface area (Å²) in [5, 5.41) is 0. The summed E-state index contributed by atoms with van der Waals surface area (Å²) < 4.78 is 22.4. The molecule has 0 fully saturated rings. The lowest BCUT2D eigenvalue weighted by molar-refractivity contribution is 0.601. The number of benzene rings is 1. The van der Waals surface area contributed by atoms with E-state index in [-0.39, 0.29) is 5.49 Å². The molecule has 1 rings (SSSR count). The van der Waals surface area contributed by atoms with Crippen LogP contribution in [0.15, 0.2) is 35.2 Å². The summed E-state index contributed by atoms with van der Waals surface area (Å²) >= 11 is 0. The molecule has 0 spiro atoms. The van der Waals surface area contributed by atoms with Gasteiger partial charge in [-0.25, -0.2) is 8.42 Å². The van der Waals surface area contributed by atoms with Gasteiger partial charge in [-0.2, -0.15) is 0 Å².